The fourth-order valence-corrected chi connectivity index (χ4v) is 1.36. The lowest BCUT2D eigenvalue weighted by molar-refractivity contribution is -0.225. The molecule has 16 heavy (non-hydrogen) atoms. The molecule has 0 amide bonds. The smallest absolute Gasteiger partial charge is 0.337 e. The molecule has 0 unspecified atom stereocenters. The lowest BCUT2D eigenvalue weighted by Crippen LogP contribution is -2.59. The van der Waals surface area contributed by atoms with E-state index in [-0.39, 0.29) is 0 Å². The molecule has 0 aromatic rings. The number of carbonyl (C=O) groups excluding carboxylic acids is 1. The van der Waals surface area contributed by atoms with E-state index in [1.165, 1.54) is 6.92 Å². The molecular formula is C10H20O6. The Labute approximate surface area is 94.8 Å². The van der Waals surface area contributed by atoms with Crippen molar-refractivity contribution in [1.29, 1.82) is 0 Å². The summed E-state index contributed by atoms with van der Waals surface area (Å²) >= 11 is 0. The van der Waals surface area contributed by atoms with Crippen LogP contribution >= 0.6 is 0 Å². The van der Waals surface area contributed by atoms with Crippen molar-refractivity contribution < 1.29 is 29.6 Å². The minimum atomic E-state index is -1.46. The molecule has 1 fully saturated rings. The quantitative estimate of drug-likeness (QED) is 0.508. The zero-order chi connectivity index (χ0) is 12.9. The van der Waals surface area contributed by atoms with Crippen molar-refractivity contribution in [2.45, 2.75) is 51.3 Å². The molecule has 0 bridgehead atoms. The molecule has 0 aromatic carbocycles. The van der Waals surface area contributed by atoms with Crippen LogP contribution in [0, 0.1) is 0 Å². The number of carbonyl (C=O) groups is 1. The van der Waals surface area contributed by atoms with Crippen LogP contribution in [0.2, 0.25) is 0 Å². The van der Waals surface area contributed by atoms with Gasteiger partial charge in [0.05, 0.1) is 13.2 Å². The standard InChI is InChI=1S/C8H14O6.C2H6/c1-3-4(9)5(10)6(11)7(14-3)8(12)13-2;1-2/h3-7,9-11H,1-2H3;1-2H3/t3-,4-,5+,6-,7-;/m0./s1. The lowest BCUT2D eigenvalue weighted by Gasteiger charge is -2.37. The predicted molar refractivity (Wildman–Crippen MR) is 55.7 cm³/mol. The summed E-state index contributed by atoms with van der Waals surface area (Å²) in [5.74, 6) is -0.768. The van der Waals surface area contributed by atoms with Gasteiger partial charge in [0.1, 0.15) is 18.3 Å². The van der Waals surface area contributed by atoms with Crippen molar-refractivity contribution in [3.63, 3.8) is 0 Å². The topological polar surface area (TPSA) is 96.2 Å². The first kappa shape index (κ1) is 15.3. The first-order valence-electron chi connectivity index (χ1n) is 5.26. The molecular weight excluding hydrogens is 216 g/mol. The number of hydrogen-bond donors (Lipinski definition) is 3. The summed E-state index contributed by atoms with van der Waals surface area (Å²) < 4.78 is 9.37. The summed E-state index contributed by atoms with van der Waals surface area (Å²) in [6.07, 6.45) is -6.03. The van der Waals surface area contributed by atoms with E-state index in [0.717, 1.165) is 7.11 Å². The Balaban J connectivity index is 0.00000106. The van der Waals surface area contributed by atoms with E-state index in [1.807, 2.05) is 13.8 Å². The summed E-state index contributed by atoms with van der Waals surface area (Å²) in [4.78, 5) is 11.1. The van der Waals surface area contributed by atoms with E-state index in [2.05, 4.69) is 4.74 Å². The molecule has 3 N–H and O–H groups in total. The van der Waals surface area contributed by atoms with Gasteiger partial charge in [-0.2, -0.15) is 0 Å². The maximum absolute atomic E-state index is 11.1. The molecule has 1 aliphatic rings. The van der Waals surface area contributed by atoms with Crippen LogP contribution in [0.25, 0.3) is 0 Å². The number of methoxy groups -OCH3 is 1. The van der Waals surface area contributed by atoms with E-state index < -0.39 is 36.5 Å². The van der Waals surface area contributed by atoms with Crippen LogP contribution in [0.1, 0.15) is 20.8 Å². The number of aliphatic hydroxyl groups is 3. The maximum Gasteiger partial charge on any atom is 0.337 e. The predicted octanol–water partition coefficient (Wildman–Crippen LogP) is -0.944. The fourth-order valence-electron chi connectivity index (χ4n) is 1.36. The highest BCUT2D eigenvalue weighted by Crippen LogP contribution is 2.21. The van der Waals surface area contributed by atoms with E-state index in [0.29, 0.717) is 0 Å². The Hall–Kier alpha value is -0.690. The summed E-state index contributed by atoms with van der Waals surface area (Å²) in [5, 5.41) is 28.0. The second-order valence-electron chi connectivity index (χ2n) is 3.26. The zero-order valence-corrected chi connectivity index (χ0v) is 9.95. The number of rotatable bonds is 1. The fraction of sp³-hybridized carbons (Fsp3) is 0.900. The Bertz CT molecular complexity index is 219. The third-order valence-corrected chi connectivity index (χ3v) is 2.29. The summed E-state index contributed by atoms with van der Waals surface area (Å²) in [6, 6.07) is 0. The molecule has 1 rings (SSSR count). The average Bonchev–Trinajstić information content (AvgIpc) is 2.32. The molecule has 1 aliphatic heterocycles. The van der Waals surface area contributed by atoms with Crippen LogP contribution in [-0.2, 0) is 14.3 Å². The molecule has 1 heterocycles. The largest absolute Gasteiger partial charge is 0.467 e. The minimum Gasteiger partial charge on any atom is -0.467 e. The second-order valence-corrected chi connectivity index (χ2v) is 3.26. The van der Waals surface area contributed by atoms with Crippen LogP contribution in [-0.4, -0.2) is 58.9 Å². The third-order valence-electron chi connectivity index (χ3n) is 2.29. The molecule has 6 heteroatoms. The summed E-state index contributed by atoms with van der Waals surface area (Å²) in [5.41, 5.74) is 0. The van der Waals surface area contributed by atoms with Gasteiger partial charge in [-0.15, -0.1) is 0 Å². The normalized spacial score (nSPS) is 38.3. The van der Waals surface area contributed by atoms with Gasteiger partial charge in [-0.1, -0.05) is 13.8 Å². The molecule has 0 aliphatic carbocycles. The first-order chi connectivity index (χ1) is 7.49. The number of hydrogen-bond acceptors (Lipinski definition) is 6. The van der Waals surface area contributed by atoms with Gasteiger partial charge in [0.25, 0.3) is 0 Å². The molecule has 6 nitrogen and oxygen atoms in total. The molecule has 0 aromatic heterocycles. The van der Waals surface area contributed by atoms with Crippen molar-refractivity contribution >= 4 is 5.97 Å². The van der Waals surface area contributed by atoms with E-state index >= 15 is 0 Å². The summed E-state index contributed by atoms with van der Waals surface area (Å²) in [7, 11) is 1.15. The van der Waals surface area contributed by atoms with Crippen molar-refractivity contribution in [2.75, 3.05) is 7.11 Å². The Morgan fingerprint density at radius 3 is 2.06 bits per heavy atom. The molecule has 96 valence electrons. The Morgan fingerprint density at radius 2 is 1.62 bits per heavy atom. The summed E-state index contributed by atoms with van der Waals surface area (Å²) in [6.45, 7) is 5.50. The van der Waals surface area contributed by atoms with Crippen LogP contribution in [0.3, 0.4) is 0 Å². The van der Waals surface area contributed by atoms with E-state index in [9.17, 15) is 20.1 Å². The van der Waals surface area contributed by atoms with Gasteiger partial charge in [0.2, 0.25) is 0 Å². The van der Waals surface area contributed by atoms with Crippen LogP contribution < -0.4 is 0 Å². The van der Waals surface area contributed by atoms with Crippen LogP contribution in [0.4, 0.5) is 0 Å². The van der Waals surface area contributed by atoms with Gasteiger partial charge in [-0.25, -0.2) is 4.79 Å². The number of ether oxygens (including phenoxy) is 2. The van der Waals surface area contributed by atoms with Crippen LogP contribution in [0.15, 0.2) is 0 Å². The van der Waals surface area contributed by atoms with Gasteiger partial charge >= 0.3 is 5.97 Å². The highest BCUT2D eigenvalue weighted by atomic mass is 16.6. The van der Waals surface area contributed by atoms with Gasteiger partial charge < -0.3 is 24.8 Å². The van der Waals surface area contributed by atoms with Crippen molar-refractivity contribution in [2.24, 2.45) is 0 Å². The van der Waals surface area contributed by atoms with Crippen molar-refractivity contribution in [3.8, 4) is 0 Å². The third kappa shape index (κ3) is 3.15. The van der Waals surface area contributed by atoms with E-state index in [1.54, 1.807) is 0 Å². The van der Waals surface area contributed by atoms with Crippen molar-refractivity contribution in [1.82, 2.24) is 0 Å². The molecule has 0 spiro atoms. The number of esters is 1. The highest BCUT2D eigenvalue weighted by Gasteiger charge is 2.45. The lowest BCUT2D eigenvalue weighted by atomic mass is 9.96. The monoisotopic (exact) mass is 236 g/mol. The second kappa shape index (κ2) is 6.80. The number of aliphatic hydroxyl groups excluding tert-OH is 3. The molecule has 1 saturated heterocycles. The van der Waals surface area contributed by atoms with E-state index in [4.69, 9.17) is 4.74 Å². The average molecular weight is 236 g/mol. The minimum absolute atomic E-state index is 0.725. The van der Waals surface area contributed by atoms with Gasteiger partial charge in [0, 0.05) is 0 Å². The maximum atomic E-state index is 11.1. The van der Waals surface area contributed by atoms with Gasteiger partial charge in [0.15, 0.2) is 6.10 Å². The van der Waals surface area contributed by atoms with Gasteiger partial charge in [-0.05, 0) is 6.92 Å². The molecule has 0 saturated carbocycles. The molecule has 0 radical (unpaired) electrons. The van der Waals surface area contributed by atoms with Crippen molar-refractivity contribution in [3.05, 3.63) is 0 Å². The van der Waals surface area contributed by atoms with Crippen LogP contribution in [0.5, 0.6) is 0 Å². The zero-order valence-electron chi connectivity index (χ0n) is 9.95. The first-order valence-corrected chi connectivity index (χ1v) is 5.26. The SMILES string of the molecule is CC.COC(=O)[C@H]1O[C@@H](C)[C@H](O)[C@@H](O)[C@@H]1O. The highest BCUT2D eigenvalue weighted by molar-refractivity contribution is 5.75. The van der Waals surface area contributed by atoms with Gasteiger partial charge in [-0.3, -0.25) is 0 Å². The molecule has 5 atom stereocenters. The Morgan fingerprint density at radius 1 is 1.12 bits per heavy atom. The Kier molecular flexibility index (Phi) is 6.51.